The van der Waals surface area contributed by atoms with Gasteiger partial charge in [-0.25, -0.2) is 9.48 Å². The summed E-state index contributed by atoms with van der Waals surface area (Å²) in [4.78, 5) is 35.7. The Labute approximate surface area is 131 Å². The average Bonchev–Trinajstić information content (AvgIpc) is 3.08. The molecule has 3 rings (SSSR count). The lowest BCUT2D eigenvalue weighted by Gasteiger charge is -2.01. The average molecular weight is 319 g/mol. The molecule has 1 fully saturated rings. The molecule has 0 bridgehead atoms. The van der Waals surface area contributed by atoms with Gasteiger partial charge in [0.05, 0.1) is 12.9 Å². The SMILES string of the molecule is CCOC(=O)CC(=O)Cn1nc(-c2ccco2)n(C2CC2)c1=O. The molecule has 1 aliphatic carbocycles. The van der Waals surface area contributed by atoms with E-state index in [2.05, 4.69) is 5.10 Å². The van der Waals surface area contributed by atoms with Gasteiger partial charge in [0.15, 0.2) is 11.5 Å². The van der Waals surface area contributed by atoms with Crippen LogP contribution in [0.25, 0.3) is 11.6 Å². The summed E-state index contributed by atoms with van der Waals surface area (Å²) < 4.78 is 12.7. The minimum Gasteiger partial charge on any atom is -0.466 e. The van der Waals surface area contributed by atoms with Gasteiger partial charge in [0, 0.05) is 6.04 Å². The monoisotopic (exact) mass is 319 g/mol. The largest absolute Gasteiger partial charge is 0.466 e. The fourth-order valence-electron chi connectivity index (χ4n) is 2.35. The standard InChI is InChI=1S/C15H17N3O5/c1-2-22-13(20)8-11(19)9-17-15(21)18(10-5-6-10)14(16-17)12-4-3-7-23-12/h3-4,7,10H,2,5-6,8-9H2,1H3. The first-order valence-electron chi connectivity index (χ1n) is 7.50. The van der Waals surface area contributed by atoms with Crippen LogP contribution in [0.4, 0.5) is 0 Å². The molecule has 2 heterocycles. The van der Waals surface area contributed by atoms with Crippen LogP contribution < -0.4 is 5.69 Å². The molecule has 23 heavy (non-hydrogen) atoms. The number of hydrogen-bond donors (Lipinski definition) is 0. The molecule has 1 saturated carbocycles. The Bertz CT molecular complexity index is 768. The molecule has 0 amide bonds. The summed E-state index contributed by atoms with van der Waals surface area (Å²) in [7, 11) is 0. The normalized spacial score (nSPS) is 14.0. The molecule has 0 atom stereocenters. The molecule has 0 N–H and O–H groups in total. The highest BCUT2D eigenvalue weighted by Crippen LogP contribution is 2.36. The van der Waals surface area contributed by atoms with Crippen LogP contribution in [0.15, 0.2) is 27.6 Å². The van der Waals surface area contributed by atoms with Crippen molar-refractivity contribution in [3.05, 3.63) is 28.9 Å². The van der Waals surface area contributed by atoms with Crippen molar-refractivity contribution in [3.63, 3.8) is 0 Å². The number of aromatic nitrogens is 3. The predicted molar refractivity (Wildman–Crippen MR) is 78.7 cm³/mol. The number of nitrogens with zero attached hydrogens (tertiary/aromatic N) is 3. The molecular weight excluding hydrogens is 302 g/mol. The quantitative estimate of drug-likeness (QED) is 0.561. The second-order valence-corrected chi connectivity index (χ2v) is 5.36. The second-order valence-electron chi connectivity index (χ2n) is 5.36. The van der Waals surface area contributed by atoms with E-state index in [1.807, 2.05) is 0 Å². The van der Waals surface area contributed by atoms with Gasteiger partial charge >= 0.3 is 11.7 Å². The van der Waals surface area contributed by atoms with Crippen molar-refractivity contribution in [3.8, 4) is 11.6 Å². The Morgan fingerprint density at radius 3 is 2.83 bits per heavy atom. The summed E-state index contributed by atoms with van der Waals surface area (Å²) in [6.07, 6.45) is 2.93. The van der Waals surface area contributed by atoms with E-state index in [0.717, 1.165) is 17.5 Å². The number of ketones is 1. The molecule has 2 aromatic heterocycles. The number of furan rings is 1. The summed E-state index contributed by atoms with van der Waals surface area (Å²) in [5, 5.41) is 4.21. The van der Waals surface area contributed by atoms with E-state index in [4.69, 9.17) is 9.15 Å². The van der Waals surface area contributed by atoms with E-state index in [0.29, 0.717) is 11.6 Å². The summed E-state index contributed by atoms with van der Waals surface area (Å²) in [5.41, 5.74) is -0.365. The predicted octanol–water partition coefficient (Wildman–Crippen LogP) is 1.16. The molecule has 1 aliphatic rings. The molecule has 0 saturated heterocycles. The lowest BCUT2D eigenvalue weighted by molar-refractivity contribution is -0.145. The van der Waals surface area contributed by atoms with Gasteiger partial charge < -0.3 is 9.15 Å². The number of Topliss-reactive ketones (excluding diaryl/α,β-unsaturated/α-hetero) is 1. The van der Waals surface area contributed by atoms with Gasteiger partial charge in [-0.15, -0.1) is 5.10 Å². The zero-order valence-electron chi connectivity index (χ0n) is 12.7. The van der Waals surface area contributed by atoms with Crippen LogP contribution in [-0.4, -0.2) is 32.7 Å². The van der Waals surface area contributed by atoms with Crippen LogP contribution in [-0.2, 0) is 20.9 Å². The minimum atomic E-state index is -0.599. The Morgan fingerprint density at radius 1 is 1.43 bits per heavy atom. The van der Waals surface area contributed by atoms with Gasteiger partial charge in [0.1, 0.15) is 13.0 Å². The fraction of sp³-hybridized carbons (Fsp3) is 0.467. The van der Waals surface area contributed by atoms with E-state index >= 15 is 0 Å². The van der Waals surface area contributed by atoms with Crippen molar-refractivity contribution in [2.45, 2.75) is 38.8 Å². The highest BCUT2D eigenvalue weighted by molar-refractivity contribution is 5.95. The van der Waals surface area contributed by atoms with Gasteiger partial charge in [-0.2, -0.15) is 0 Å². The number of ether oxygens (including phenoxy) is 1. The van der Waals surface area contributed by atoms with Crippen molar-refractivity contribution < 1.29 is 18.7 Å². The van der Waals surface area contributed by atoms with E-state index in [9.17, 15) is 14.4 Å². The number of carbonyl (C=O) groups excluding carboxylic acids is 2. The third kappa shape index (κ3) is 3.25. The molecule has 122 valence electrons. The maximum Gasteiger partial charge on any atom is 0.346 e. The van der Waals surface area contributed by atoms with Crippen molar-refractivity contribution in [2.75, 3.05) is 6.61 Å². The lowest BCUT2D eigenvalue weighted by atomic mass is 10.3. The van der Waals surface area contributed by atoms with Crippen molar-refractivity contribution >= 4 is 11.8 Å². The maximum absolute atomic E-state index is 12.5. The van der Waals surface area contributed by atoms with Gasteiger partial charge in [-0.1, -0.05) is 0 Å². The molecule has 0 unspecified atom stereocenters. The van der Waals surface area contributed by atoms with Gasteiger partial charge in [-0.3, -0.25) is 14.2 Å². The van der Waals surface area contributed by atoms with Crippen LogP contribution >= 0.6 is 0 Å². The molecule has 0 aliphatic heterocycles. The molecule has 0 spiro atoms. The Morgan fingerprint density at radius 2 is 2.22 bits per heavy atom. The highest BCUT2D eigenvalue weighted by atomic mass is 16.5. The van der Waals surface area contributed by atoms with Crippen molar-refractivity contribution in [1.82, 2.24) is 14.3 Å². The van der Waals surface area contributed by atoms with E-state index in [-0.39, 0.29) is 31.3 Å². The van der Waals surface area contributed by atoms with Crippen LogP contribution in [0.3, 0.4) is 0 Å². The summed E-state index contributed by atoms with van der Waals surface area (Å²) >= 11 is 0. The minimum absolute atomic E-state index is 0.0940. The fourth-order valence-corrected chi connectivity index (χ4v) is 2.35. The van der Waals surface area contributed by atoms with E-state index < -0.39 is 11.8 Å². The molecule has 8 heteroatoms. The zero-order chi connectivity index (χ0) is 16.4. The summed E-state index contributed by atoms with van der Waals surface area (Å²) in [5.74, 6) is -0.132. The van der Waals surface area contributed by atoms with Crippen LogP contribution in [0, 0.1) is 0 Å². The van der Waals surface area contributed by atoms with Gasteiger partial charge in [0.25, 0.3) is 0 Å². The first kappa shape index (κ1) is 15.3. The van der Waals surface area contributed by atoms with Gasteiger partial charge in [0.2, 0.25) is 5.82 Å². The van der Waals surface area contributed by atoms with E-state index in [1.165, 1.54) is 6.26 Å². The zero-order valence-corrected chi connectivity index (χ0v) is 12.7. The lowest BCUT2D eigenvalue weighted by Crippen LogP contribution is -2.28. The van der Waals surface area contributed by atoms with Crippen LogP contribution in [0.5, 0.6) is 0 Å². The second kappa shape index (κ2) is 6.23. The number of hydrogen-bond acceptors (Lipinski definition) is 6. The Balaban J connectivity index is 1.83. The van der Waals surface area contributed by atoms with Crippen molar-refractivity contribution in [2.24, 2.45) is 0 Å². The topological polar surface area (TPSA) is 96.3 Å². The summed E-state index contributed by atoms with van der Waals surface area (Å²) in [6, 6.07) is 3.52. The van der Waals surface area contributed by atoms with E-state index in [1.54, 1.807) is 23.6 Å². The maximum atomic E-state index is 12.5. The number of carbonyl (C=O) groups is 2. The molecule has 0 radical (unpaired) electrons. The number of esters is 1. The van der Waals surface area contributed by atoms with Gasteiger partial charge in [-0.05, 0) is 31.9 Å². The van der Waals surface area contributed by atoms with Crippen molar-refractivity contribution in [1.29, 1.82) is 0 Å². The van der Waals surface area contributed by atoms with Crippen LogP contribution in [0.1, 0.15) is 32.2 Å². The Hall–Kier alpha value is -2.64. The molecule has 8 nitrogen and oxygen atoms in total. The third-order valence-corrected chi connectivity index (χ3v) is 3.50. The third-order valence-electron chi connectivity index (χ3n) is 3.50. The molecular formula is C15H17N3O5. The summed E-state index contributed by atoms with van der Waals surface area (Å²) in [6.45, 7) is 1.62. The first-order chi connectivity index (χ1) is 11.1. The smallest absolute Gasteiger partial charge is 0.346 e. The molecule has 0 aromatic carbocycles. The first-order valence-corrected chi connectivity index (χ1v) is 7.50. The number of rotatable bonds is 7. The Kier molecular flexibility index (Phi) is 4.14. The molecule has 2 aromatic rings. The van der Waals surface area contributed by atoms with Crippen LogP contribution in [0.2, 0.25) is 0 Å². The highest BCUT2D eigenvalue weighted by Gasteiger charge is 2.31.